The first kappa shape index (κ1) is 15.5. The minimum Gasteiger partial charge on any atom is -0.385 e. The minimum atomic E-state index is -0.254. The highest BCUT2D eigenvalue weighted by molar-refractivity contribution is 5.76. The van der Waals surface area contributed by atoms with Gasteiger partial charge in [-0.1, -0.05) is 11.6 Å². The molecule has 114 valence electrons. The fourth-order valence-corrected chi connectivity index (χ4v) is 2.47. The van der Waals surface area contributed by atoms with Crippen molar-refractivity contribution >= 4 is 11.6 Å². The number of carbonyl (C=O) groups excluding carboxylic acids is 1. The van der Waals surface area contributed by atoms with Crippen LogP contribution >= 0.6 is 0 Å². The predicted molar refractivity (Wildman–Crippen MR) is 83.7 cm³/mol. The van der Waals surface area contributed by atoms with E-state index >= 15 is 0 Å². The van der Waals surface area contributed by atoms with Crippen molar-refractivity contribution in [2.45, 2.75) is 38.5 Å². The highest BCUT2D eigenvalue weighted by atomic mass is 19.1. The maximum absolute atomic E-state index is 12.7. The summed E-state index contributed by atoms with van der Waals surface area (Å²) in [5, 5.41) is 6.05. The molecule has 0 radical (unpaired) electrons. The molecule has 0 saturated heterocycles. The monoisotopic (exact) mass is 290 g/mol. The summed E-state index contributed by atoms with van der Waals surface area (Å²) in [7, 11) is 0. The SMILES string of the molecule is O=C(CCNc1ccc(F)cc1)NCCC1=CCCCC1. The predicted octanol–water partition coefficient (Wildman–Crippen LogP) is 3.63. The fourth-order valence-electron chi connectivity index (χ4n) is 2.47. The van der Waals surface area contributed by atoms with E-state index in [1.165, 1.54) is 43.4 Å². The Balaban J connectivity index is 1.57. The highest BCUT2D eigenvalue weighted by Crippen LogP contribution is 2.19. The van der Waals surface area contributed by atoms with Crippen LogP contribution in [0.15, 0.2) is 35.9 Å². The molecule has 0 aliphatic heterocycles. The molecule has 0 unspecified atom stereocenters. The minimum absolute atomic E-state index is 0.0565. The van der Waals surface area contributed by atoms with Crippen LogP contribution < -0.4 is 10.6 Å². The normalized spacial score (nSPS) is 14.4. The molecule has 1 aromatic carbocycles. The van der Waals surface area contributed by atoms with Gasteiger partial charge >= 0.3 is 0 Å². The molecule has 1 aromatic rings. The Morgan fingerprint density at radius 2 is 1.95 bits per heavy atom. The lowest BCUT2D eigenvalue weighted by Gasteiger charge is -2.13. The molecule has 21 heavy (non-hydrogen) atoms. The van der Waals surface area contributed by atoms with Crippen LogP contribution in [0.3, 0.4) is 0 Å². The molecule has 0 bridgehead atoms. The van der Waals surface area contributed by atoms with Crippen LogP contribution in [0.1, 0.15) is 38.5 Å². The number of amides is 1. The topological polar surface area (TPSA) is 41.1 Å². The second-order valence-electron chi connectivity index (χ2n) is 5.39. The van der Waals surface area contributed by atoms with Crippen LogP contribution in [0.2, 0.25) is 0 Å². The number of halogens is 1. The molecule has 1 amide bonds. The van der Waals surface area contributed by atoms with E-state index in [0.717, 1.165) is 18.7 Å². The molecule has 4 heteroatoms. The van der Waals surface area contributed by atoms with Gasteiger partial charge in [0, 0.05) is 25.2 Å². The Morgan fingerprint density at radius 3 is 2.67 bits per heavy atom. The quantitative estimate of drug-likeness (QED) is 0.753. The van der Waals surface area contributed by atoms with E-state index in [2.05, 4.69) is 16.7 Å². The van der Waals surface area contributed by atoms with Crippen molar-refractivity contribution in [2.24, 2.45) is 0 Å². The number of anilines is 1. The summed E-state index contributed by atoms with van der Waals surface area (Å²) in [5.41, 5.74) is 2.31. The second kappa shape index (κ2) is 8.45. The Hall–Kier alpha value is -1.84. The van der Waals surface area contributed by atoms with E-state index in [1.807, 2.05) is 0 Å². The fraction of sp³-hybridized carbons (Fsp3) is 0.471. The zero-order valence-corrected chi connectivity index (χ0v) is 12.3. The summed E-state index contributed by atoms with van der Waals surface area (Å²) in [5.74, 6) is -0.198. The van der Waals surface area contributed by atoms with E-state index in [4.69, 9.17) is 0 Å². The molecule has 2 rings (SSSR count). The van der Waals surface area contributed by atoms with Crippen molar-refractivity contribution in [3.8, 4) is 0 Å². The second-order valence-corrected chi connectivity index (χ2v) is 5.39. The Morgan fingerprint density at radius 1 is 1.14 bits per heavy atom. The average Bonchev–Trinajstić information content (AvgIpc) is 2.50. The maximum Gasteiger partial charge on any atom is 0.221 e. The smallest absolute Gasteiger partial charge is 0.221 e. The molecule has 1 aliphatic carbocycles. The first-order chi connectivity index (χ1) is 10.2. The highest BCUT2D eigenvalue weighted by Gasteiger charge is 2.05. The molecule has 1 aliphatic rings. The standard InChI is InChI=1S/C17H23FN2O/c18-15-6-8-16(9-7-15)19-13-11-17(21)20-12-10-14-4-2-1-3-5-14/h4,6-9,19H,1-3,5,10-13H2,(H,20,21). The largest absolute Gasteiger partial charge is 0.385 e. The Bertz CT molecular complexity index is 482. The number of carbonyl (C=O) groups is 1. The van der Waals surface area contributed by atoms with Crippen molar-refractivity contribution < 1.29 is 9.18 Å². The number of rotatable bonds is 7. The first-order valence-electron chi connectivity index (χ1n) is 7.68. The van der Waals surface area contributed by atoms with Crippen molar-refractivity contribution in [3.05, 3.63) is 41.7 Å². The lowest BCUT2D eigenvalue weighted by Crippen LogP contribution is -2.26. The third kappa shape index (κ3) is 5.98. The van der Waals surface area contributed by atoms with Crippen molar-refractivity contribution in [3.63, 3.8) is 0 Å². The van der Waals surface area contributed by atoms with Crippen molar-refractivity contribution in [2.75, 3.05) is 18.4 Å². The van der Waals surface area contributed by atoms with Crippen LogP contribution in [-0.4, -0.2) is 19.0 Å². The van der Waals surface area contributed by atoms with E-state index in [1.54, 1.807) is 12.1 Å². The molecule has 0 saturated carbocycles. The molecule has 0 fully saturated rings. The molecule has 0 atom stereocenters. The molecule has 0 aromatic heterocycles. The first-order valence-corrected chi connectivity index (χ1v) is 7.68. The number of allylic oxidation sites excluding steroid dienone is 1. The summed E-state index contributed by atoms with van der Waals surface area (Å²) in [4.78, 5) is 11.7. The Labute approximate surface area is 125 Å². The van der Waals surface area contributed by atoms with Gasteiger partial charge in [-0.2, -0.15) is 0 Å². The van der Waals surface area contributed by atoms with Gasteiger partial charge in [0.1, 0.15) is 5.82 Å². The zero-order valence-electron chi connectivity index (χ0n) is 12.3. The molecule has 3 nitrogen and oxygen atoms in total. The van der Waals surface area contributed by atoms with Gasteiger partial charge in [-0.3, -0.25) is 4.79 Å². The Kier molecular flexibility index (Phi) is 6.25. The van der Waals surface area contributed by atoms with Gasteiger partial charge in [-0.15, -0.1) is 0 Å². The summed E-state index contributed by atoms with van der Waals surface area (Å²) in [6.45, 7) is 1.28. The van der Waals surface area contributed by atoms with Gasteiger partial charge in [-0.05, 0) is 56.4 Å². The number of hydrogen-bond acceptors (Lipinski definition) is 2. The van der Waals surface area contributed by atoms with Gasteiger partial charge in [-0.25, -0.2) is 4.39 Å². The maximum atomic E-state index is 12.7. The summed E-state index contributed by atoms with van der Waals surface area (Å²) in [6.07, 6.45) is 8.65. The van der Waals surface area contributed by atoms with Crippen LogP contribution in [0.25, 0.3) is 0 Å². The summed E-state index contributed by atoms with van der Waals surface area (Å²) in [6, 6.07) is 6.15. The van der Waals surface area contributed by atoms with Crippen LogP contribution in [0.5, 0.6) is 0 Å². The van der Waals surface area contributed by atoms with Crippen molar-refractivity contribution in [1.29, 1.82) is 0 Å². The van der Waals surface area contributed by atoms with E-state index < -0.39 is 0 Å². The van der Waals surface area contributed by atoms with E-state index in [-0.39, 0.29) is 11.7 Å². The lowest BCUT2D eigenvalue weighted by molar-refractivity contribution is -0.120. The number of benzene rings is 1. The van der Waals surface area contributed by atoms with E-state index in [0.29, 0.717) is 13.0 Å². The average molecular weight is 290 g/mol. The van der Waals surface area contributed by atoms with Crippen LogP contribution in [-0.2, 0) is 4.79 Å². The lowest BCUT2D eigenvalue weighted by atomic mass is 9.97. The molecular weight excluding hydrogens is 267 g/mol. The zero-order chi connectivity index (χ0) is 14.9. The van der Waals surface area contributed by atoms with Gasteiger partial charge in [0.05, 0.1) is 0 Å². The van der Waals surface area contributed by atoms with Gasteiger partial charge in [0.25, 0.3) is 0 Å². The molecule has 0 heterocycles. The third-order valence-corrected chi connectivity index (χ3v) is 3.68. The third-order valence-electron chi connectivity index (χ3n) is 3.68. The van der Waals surface area contributed by atoms with Crippen LogP contribution in [0.4, 0.5) is 10.1 Å². The molecular formula is C17H23FN2O. The van der Waals surface area contributed by atoms with Gasteiger partial charge in [0.15, 0.2) is 0 Å². The molecule has 2 N–H and O–H groups in total. The van der Waals surface area contributed by atoms with Crippen molar-refractivity contribution in [1.82, 2.24) is 5.32 Å². The van der Waals surface area contributed by atoms with E-state index in [9.17, 15) is 9.18 Å². The summed E-state index contributed by atoms with van der Waals surface area (Å²) >= 11 is 0. The van der Waals surface area contributed by atoms with Gasteiger partial charge < -0.3 is 10.6 Å². The summed E-state index contributed by atoms with van der Waals surface area (Å²) < 4.78 is 12.7. The molecule has 0 spiro atoms. The number of hydrogen-bond donors (Lipinski definition) is 2. The number of nitrogens with one attached hydrogen (secondary N) is 2. The van der Waals surface area contributed by atoms with Gasteiger partial charge in [0.2, 0.25) is 5.91 Å². The van der Waals surface area contributed by atoms with Crippen LogP contribution in [0, 0.1) is 5.82 Å².